The van der Waals surface area contributed by atoms with Gasteiger partial charge in [0, 0.05) is 16.0 Å². The Morgan fingerprint density at radius 1 is 1.21 bits per heavy atom. The minimum Gasteiger partial charge on any atom is -0.456 e. The fourth-order valence-corrected chi connectivity index (χ4v) is 4.38. The standard InChI is InChI=1S/C19H17ClN2O4S2/c1-11-7-14(8-17(12(11)2)28(21,24)25)19(23)26-9-16-10-27-18(22-16)13-3-5-15(20)6-4-13/h3-8,10H,9H2,1-2H3,(H2,21,24,25). The van der Waals surface area contributed by atoms with E-state index in [1.807, 2.05) is 12.1 Å². The zero-order valence-corrected chi connectivity index (χ0v) is 17.5. The van der Waals surface area contributed by atoms with E-state index in [9.17, 15) is 13.2 Å². The molecule has 0 unspecified atom stereocenters. The van der Waals surface area contributed by atoms with Gasteiger partial charge in [-0.3, -0.25) is 0 Å². The fourth-order valence-electron chi connectivity index (χ4n) is 2.56. The molecule has 0 bridgehead atoms. The Balaban J connectivity index is 1.75. The van der Waals surface area contributed by atoms with Crippen molar-refractivity contribution in [2.24, 2.45) is 5.14 Å². The fraction of sp³-hybridized carbons (Fsp3) is 0.158. The molecule has 0 fully saturated rings. The molecule has 0 radical (unpaired) electrons. The van der Waals surface area contributed by atoms with Gasteiger partial charge >= 0.3 is 5.97 Å². The third-order valence-corrected chi connectivity index (χ3v) is 6.39. The lowest BCUT2D eigenvalue weighted by Crippen LogP contribution is -2.16. The van der Waals surface area contributed by atoms with Crippen molar-refractivity contribution >= 4 is 38.9 Å². The summed E-state index contributed by atoms with van der Waals surface area (Å²) in [5.41, 5.74) is 2.78. The van der Waals surface area contributed by atoms with E-state index >= 15 is 0 Å². The molecule has 28 heavy (non-hydrogen) atoms. The van der Waals surface area contributed by atoms with Crippen LogP contribution in [0.15, 0.2) is 46.7 Å². The summed E-state index contributed by atoms with van der Waals surface area (Å²) < 4.78 is 28.7. The van der Waals surface area contributed by atoms with Gasteiger partial charge in [-0.2, -0.15) is 0 Å². The number of aryl methyl sites for hydroxylation is 1. The molecule has 0 aliphatic carbocycles. The van der Waals surface area contributed by atoms with Crippen LogP contribution in [0, 0.1) is 13.8 Å². The van der Waals surface area contributed by atoms with Crippen LogP contribution in [0.4, 0.5) is 0 Å². The van der Waals surface area contributed by atoms with E-state index in [0.29, 0.717) is 21.8 Å². The molecule has 2 aromatic carbocycles. The molecule has 3 aromatic rings. The maximum Gasteiger partial charge on any atom is 0.338 e. The number of sulfonamides is 1. The number of halogens is 1. The van der Waals surface area contributed by atoms with Crippen LogP contribution < -0.4 is 5.14 Å². The Hall–Kier alpha value is -2.26. The minimum absolute atomic E-state index is 0.0272. The quantitative estimate of drug-likeness (QED) is 0.607. The smallest absolute Gasteiger partial charge is 0.338 e. The normalized spacial score (nSPS) is 11.4. The van der Waals surface area contributed by atoms with Gasteiger partial charge in [-0.25, -0.2) is 23.3 Å². The monoisotopic (exact) mass is 436 g/mol. The van der Waals surface area contributed by atoms with E-state index in [4.69, 9.17) is 21.5 Å². The highest BCUT2D eigenvalue weighted by molar-refractivity contribution is 7.89. The molecular formula is C19H17ClN2O4S2. The van der Waals surface area contributed by atoms with Gasteiger partial charge in [0.05, 0.1) is 16.2 Å². The zero-order chi connectivity index (χ0) is 20.5. The lowest BCUT2D eigenvalue weighted by Gasteiger charge is -2.10. The Bertz CT molecular complexity index is 1140. The zero-order valence-electron chi connectivity index (χ0n) is 15.1. The van der Waals surface area contributed by atoms with E-state index in [-0.39, 0.29) is 17.1 Å². The number of rotatable bonds is 5. The number of esters is 1. The number of primary sulfonamides is 1. The third kappa shape index (κ3) is 4.59. The van der Waals surface area contributed by atoms with Crippen molar-refractivity contribution < 1.29 is 17.9 Å². The molecule has 0 saturated carbocycles. The summed E-state index contributed by atoms with van der Waals surface area (Å²) in [4.78, 5) is 16.7. The summed E-state index contributed by atoms with van der Waals surface area (Å²) >= 11 is 7.31. The average Bonchev–Trinajstić information content (AvgIpc) is 3.10. The van der Waals surface area contributed by atoms with Gasteiger partial charge in [-0.1, -0.05) is 23.7 Å². The predicted octanol–water partition coefficient (Wildman–Crippen LogP) is 4.08. The predicted molar refractivity (Wildman–Crippen MR) is 109 cm³/mol. The van der Waals surface area contributed by atoms with E-state index in [1.165, 1.54) is 17.4 Å². The van der Waals surface area contributed by atoms with Crippen LogP contribution in [0.2, 0.25) is 5.02 Å². The van der Waals surface area contributed by atoms with Gasteiger partial charge < -0.3 is 4.74 Å². The summed E-state index contributed by atoms with van der Waals surface area (Å²) in [6.07, 6.45) is 0. The number of carbonyl (C=O) groups excluding carboxylic acids is 1. The number of carbonyl (C=O) groups is 1. The number of nitrogens with two attached hydrogens (primary N) is 1. The van der Waals surface area contributed by atoms with Gasteiger partial charge in [-0.05, 0) is 49.2 Å². The molecule has 0 aliphatic heterocycles. The van der Waals surface area contributed by atoms with Crippen LogP contribution in [0.1, 0.15) is 27.2 Å². The second kappa shape index (κ2) is 8.00. The first kappa shape index (κ1) is 20.5. The number of hydrogen-bond donors (Lipinski definition) is 1. The SMILES string of the molecule is Cc1cc(C(=O)OCc2csc(-c3ccc(Cl)cc3)n2)cc(S(N)(=O)=O)c1C. The molecule has 6 nitrogen and oxygen atoms in total. The highest BCUT2D eigenvalue weighted by Gasteiger charge is 2.18. The maximum atomic E-state index is 12.4. The molecule has 146 valence electrons. The first-order valence-corrected chi connectivity index (χ1v) is 11.0. The summed E-state index contributed by atoms with van der Waals surface area (Å²) in [6, 6.07) is 10.1. The molecular weight excluding hydrogens is 420 g/mol. The molecule has 0 spiro atoms. The van der Waals surface area contributed by atoms with Crippen molar-refractivity contribution in [1.82, 2.24) is 4.98 Å². The maximum absolute atomic E-state index is 12.4. The van der Waals surface area contributed by atoms with Gasteiger partial charge in [0.1, 0.15) is 11.6 Å². The van der Waals surface area contributed by atoms with Crippen LogP contribution in [-0.4, -0.2) is 19.4 Å². The summed E-state index contributed by atoms with van der Waals surface area (Å²) in [6.45, 7) is 3.32. The van der Waals surface area contributed by atoms with E-state index in [0.717, 1.165) is 10.6 Å². The second-order valence-electron chi connectivity index (χ2n) is 6.19. The number of ether oxygens (including phenoxy) is 1. The van der Waals surface area contributed by atoms with Crippen molar-refractivity contribution in [3.8, 4) is 10.6 Å². The van der Waals surface area contributed by atoms with Crippen molar-refractivity contribution in [2.75, 3.05) is 0 Å². The Labute approximate surface area is 172 Å². The van der Waals surface area contributed by atoms with Crippen molar-refractivity contribution in [2.45, 2.75) is 25.3 Å². The van der Waals surface area contributed by atoms with E-state index in [2.05, 4.69) is 4.98 Å². The van der Waals surface area contributed by atoms with Crippen LogP contribution in [0.3, 0.4) is 0 Å². The molecule has 0 aliphatic rings. The van der Waals surface area contributed by atoms with E-state index in [1.54, 1.807) is 37.4 Å². The third-order valence-electron chi connectivity index (χ3n) is 4.16. The summed E-state index contributed by atoms with van der Waals surface area (Å²) in [5.74, 6) is -0.644. The molecule has 0 saturated heterocycles. The molecule has 1 heterocycles. The highest BCUT2D eigenvalue weighted by Crippen LogP contribution is 2.26. The highest BCUT2D eigenvalue weighted by atomic mass is 35.5. The number of hydrogen-bond acceptors (Lipinski definition) is 6. The summed E-state index contributed by atoms with van der Waals surface area (Å²) in [5, 5.41) is 8.45. The molecule has 1 aromatic heterocycles. The van der Waals surface area contributed by atoms with Crippen LogP contribution in [-0.2, 0) is 21.4 Å². The van der Waals surface area contributed by atoms with Crippen LogP contribution in [0.5, 0.6) is 0 Å². The first-order valence-electron chi connectivity index (χ1n) is 8.16. The van der Waals surface area contributed by atoms with E-state index < -0.39 is 16.0 Å². The molecule has 9 heteroatoms. The largest absolute Gasteiger partial charge is 0.456 e. The first-order chi connectivity index (χ1) is 13.1. The Kier molecular flexibility index (Phi) is 5.85. The number of aromatic nitrogens is 1. The number of thiazole rings is 1. The Morgan fingerprint density at radius 2 is 1.89 bits per heavy atom. The van der Waals surface area contributed by atoms with Crippen molar-refractivity contribution in [3.05, 3.63) is 69.2 Å². The van der Waals surface area contributed by atoms with Crippen LogP contribution >= 0.6 is 22.9 Å². The molecule has 2 N–H and O–H groups in total. The molecule has 0 amide bonds. The van der Waals surface area contributed by atoms with Gasteiger partial charge in [0.15, 0.2) is 0 Å². The molecule has 0 atom stereocenters. The van der Waals surface area contributed by atoms with Crippen LogP contribution in [0.25, 0.3) is 10.6 Å². The number of benzene rings is 2. The lowest BCUT2D eigenvalue weighted by molar-refractivity contribution is 0.0468. The molecule has 3 rings (SSSR count). The lowest BCUT2D eigenvalue weighted by atomic mass is 10.1. The average molecular weight is 437 g/mol. The Morgan fingerprint density at radius 3 is 2.54 bits per heavy atom. The minimum atomic E-state index is -3.94. The second-order valence-corrected chi connectivity index (χ2v) is 9.01. The topological polar surface area (TPSA) is 99.3 Å². The van der Waals surface area contributed by atoms with Gasteiger partial charge in [0.2, 0.25) is 10.0 Å². The van der Waals surface area contributed by atoms with Gasteiger partial charge in [0.25, 0.3) is 0 Å². The number of nitrogens with zero attached hydrogens (tertiary/aromatic N) is 1. The van der Waals surface area contributed by atoms with Crippen molar-refractivity contribution in [3.63, 3.8) is 0 Å². The van der Waals surface area contributed by atoms with Crippen molar-refractivity contribution in [1.29, 1.82) is 0 Å². The van der Waals surface area contributed by atoms with Gasteiger partial charge in [-0.15, -0.1) is 11.3 Å². The summed E-state index contributed by atoms with van der Waals surface area (Å²) in [7, 11) is -3.94.